The fraction of sp³-hybridized carbons (Fsp3) is 0.154. The van der Waals surface area contributed by atoms with Gasteiger partial charge < -0.3 is 21.5 Å². The fourth-order valence-corrected chi connectivity index (χ4v) is 1.81. The second-order valence-electron chi connectivity index (χ2n) is 4.10. The van der Waals surface area contributed by atoms with Gasteiger partial charge in [-0.05, 0) is 11.5 Å². The van der Waals surface area contributed by atoms with Crippen LogP contribution in [0.4, 0.5) is 10.6 Å². The maximum Gasteiger partial charge on any atom is 0.354 e. The van der Waals surface area contributed by atoms with Gasteiger partial charge in [-0.2, -0.15) is 0 Å². The Bertz CT molecular complexity index is 657. The number of nitrogens with two attached hydrogens (primary N) is 1. The van der Waals surface area contributed by atoms with Crippen molar-refractivity contribution in [2.24, 2.45) is 5.73 Å². The van der Waals surface area contributed by atoms with E-state index in [4.69, 9.17) is 10.8 Å². The Hall–Kier alpha value is -2.83. The largest absolute Gasteiger partial charge is 0.477 e. The van der Waals surface area contributed by atoms with Crippen LogP contribution in [0, 0.1) is 0 Å². The topological polar surface area (TPSA) is 117 Å². The number of carbonyl (C=O) groups excluding carboxylic acids is 1. The minimum atomic E-state index is -1.09. The van der Waals surface area contributed by atoms with Crippen LogP contribution in [0.25, 0.3) is 10.8 Å². The molecule has 2 aromatic rings. The van der Waals surface area contributed by atoms with Crippen molar-refractivity contribution in [3.8, 4) is 0 Å². The summed E-state index contributed by atoms with van der Waals surface area (Å²) in [5.74, 6) is -0.624. The number of urea groups is 1. The van der Waals surface area contributed by atoms with Crippen LogP contribution in [0.1, 0.15) is 10.5 Å². The number of rotatable bonds is 5. The summed E-state index contributed by atoms with van der Waals surface area (Å²) in [6, 6.07) is 8.24. The Morgan fingerprint density at radius 2 is 2.00 bits per heavy atom. The lowest BCUT2D eigenvalue weighted by Gasteiger charge is -2.10. The predicted octanol–water partition coefficient (Wildman–Crippen LogP) is 1.01. The van der Waals surface area contributed by atoms with Gasteiger partial charge in [0.2, 0.25) is 0 Å². The molecule has 7 heteroatoms. The molecule has 0 aliphatic heterocycles. The Morgan fingerprint density at radius 3 is 2.70 bits per heavy atom. The molecule has 20 heavy (non-hydrogen) atoms. The number of nitrogens with one attached hydrogen (secondary N) is 2. The molecule has 1 heterocycles. The molecule has 1 aromatic heterocycles. The first-order chi connectivity index (χ1) is 9.58. The van der Waals surface area contributed by atoms with Gasteiger partial charge in [-0.15, -0.1) is 0 Å². The molecule has 0 saturated carbocycles. The Kier molecular flexibility index (Phi) is 3.99. The Balaban J connectivity index is 2.25. The van der Waals surface area contributed by atoms with Crippen molar-refractivity contribution in [1.29, 1.82) is 0 Å². The van der Waals surface area contributed by atoms with Crippen LogP contribution in [-0.2, 0) is 0 Å². The van der Waals surface area contributed by atoms with Gasteiger partial charge >= 0.3 is 12.0 Å². The van der Waals surface area contributed by atoms with E-state index in [0.717, 1.165) is 10.8 Å². The molecule has 0 aliphatic rings. The van der Waals surface area contributed by atoms with Crippen molar-refractivity contribution in [2.45, 2.75) is 0 Å². The summed E-state index contributed by atoms with van der Waals surface area (Å²) in [7, 11) is 0. The first-order valence-electron chi connectivity index (χ1n) is 5.98. The maximum atomic E-state index is 11.1. The zero-order valence-corrected chi connectivity index (χ0v) is 10.6. The lowest BCUT2D eigenvalue weighted by atomic mass is 10.1. The molecule has 0 fully saturated rings. The number of carbonyl (C=O) groups is 2. The Labute approximate surface area is 114 Å². The highest BCUT2D eigenvalue weighted by Gasteiger charge is 2.10. The average Bonchev–Trinajstić information content (AvgIpc) is 2.42. The molecule has 104 valence electrons. The minimum absolute atomic E-state index is 0.0333. The summed E-state index contributed by atoms with van der Waals surface area (Å²) in [6.45, 7) is 0.714. The normalized spacial score (nSPS) is 10.2. The molecule has 0 aliphatic carbocycles. The van der Waals surface area contributed by atoms with E-state index < -0.39 is 12.0 Å². The summed E-state index contributed by atoms with van der Waals surface area (Å²) >= 11 is 0. The van der Waals surface area contributed by atoms with Crippen LogP contribution in [-0.4, -0.2) is 35.2 Å². The first-order valence-corrected chi connectivity index (χ1v) is 5.98. The van der Waals surface area contributed by atoms with E-state index in [1.165, 1.54) is 6.07 Å². The number of amides is 2. The van der Waals surface area contributed by atoms with Gasteiger partial charge in [-0.1, -0.05) is 24.3 Å². The van der Waals surface area contributed by atoms with Gasteiger partial charge in [0.15, 0.2) is 5.69 Å². The number of fused-ring (bicyclic) bond motifs is 1. The summed E-state index contributed by atoms with van der Waals surface area (Å²) in [5, 5.41) is 16.1. The van der Waals surface area contributed by atoms with E-state index in [0.29, 0.717) is 18.9 Å². The molecule has 7 nitrogen and oxygen atoms in total. The number of benzene rings is 1. The van der Waals surface area contributed by atoms with Crippen LogP contribution in [0.15, 0.2) is 30.3 Å². The third-order valence-electron chi connectivity index (χ3n) is 2.68. The van der Waals surface area contributed by atoms with E-state index in [2.05, 4.69) is 15.6 Å². The fourth-order valence-electron chi connectivity index (χ4n) is 1.81. The van der Waals surface area contributed by atoms with Gasteiger partial charge in [0.1, 0.15) is 5.82 Å². The molecule has 0 atom stereocenters. The van der Waals surface area contributed by atoms with Crippen molar-refractivity contribution in [3.05, 3.63) is 36.0 Å². The quantitative estimate of drug-likeness (QED) is 0.607. The van der Waals surface area contributed by atoms with E-state index in [1.807, 2.05) is 24.3 Å². The van der Waals surface area contributed by atoms with Gasteiger partial charge in [0.05, 0.1) is 0 Å². The van der Waals surface area contributed by atoms with Crippen LogP contribution in [0.2, 0.25) is 0 Å². The number of nitrogens with zero attached hydrogens (tertiary/aromatic N) is 1. The highest BCUT2D eigenvalue weighted by atomic mass is 16.4. The molecule has 5 N–H and O–H groups in total. The van der Waals surface area contributed by atoms with Crippen molar-refractivity contribution in [1.82, 2.24) is 10.3 Å². The number of carboxylic acid groups (broad SMARTS) is 1. The smallest absolute Gasteiger partial charge is 0.354 e. The molecular formula is C13H14N4O3. The number of aromatic nitrogens is 1. The monoisotopic (exact) mass is 274 g/mol. The standard InChI is InChI=1S/C13H14N4O3/c14-13(20)16-6-5-15-11-9-4-2-1-3-8(9)7-10(17-11)12(18)19/h1-4,7H,5-6H2,(H,15,17)(H,18,19)(H3,14,16,20). The zero-order chi connectivity index (χ0) is 14.5. The molecule has 2 rings (SSSR count). The average molecular weight is 274 g/mol. The van der Waals surface area contributed by atoms with Crippen molar-refractivity contribution in [2.75, 3.05) is 18.4 Å². The van der Waals surface area contributed by atoms with Crippen LogP contribution < -0.4 is 16.4 Å². The third kappa shape index (κ3) is 3.14. The first kappa shape index (κ1) is 13.6. The van der Waals surface area contributed by atoms with Gasteiger partial charge in [-0.3, -0.25) is 0 Å². The molecule has 0 saturated heterocycles. The summed E-state index contributed by atoms with van der Waals surface area (Å²) in [6.07, 6.45) is 0. The van der Waals surface area contributed by atoms with Gasteiger partial charge in [0, 0.05) is 18.5 Å². The second kappa shape index (κ2) is 5.87. The van der Waals surface area contributed by atoms with Crippen LogP contribution in [0.3, 0.4) is 0 Å². The van der Waals surface area contributed by atoms with Crippen LogP contribution >= 0.6 is 0 Å². The molecule has 0 bridgehead atoms. The molecule has 0 spiro atoms. The SMILES string of the molecule is NC(=O)NCCNc1nc(C(=O)O)cc2ccccc12. The summed E-state index contributed by atoms with van der Waals surface area (Å²) in [5.41, 5.74) is 4.92. The third-order valence-corrected chi connectivity index (χ3v) is 2.68. The van der Waals surface area contributed by atoms with E-state index in [-0.39, 0.29) is 5.69 Å². The zero-order valence-electron chi connectivity index (χ0n) is 10.6. The van der Waals surface area contributed by atoms with Crippen molar-refractivity contribution < 1.29 is 14.7 Å². The van der Waals surface area contributed by atoms with Crippen molar-refractivity contribution >= 4 is 28.6 Å². The predicted molar refractivity (Wildman–Crippen MR) is 74.8 cm³/mol. The van der Waals surface area contributed by atoms with Gasteiger partial charge in [0.25, 0.3) is 0 Å². The highest BCUT2D eigenvalue weighted by molar-refractivity contribution is 5.97. The summed E-state index contributed by atoms with van der Waals surface area (Å²) in [4.78, 5) is 25.7. The lowest BCUT2D eigenvalue weighted by Crippen LogP contribution is -2.33. The van der Waals surface area contributed by atoms with E-state index in [1.54, 1.807) is 0 Å². The Morgan fingerprint density at radius 1 is 1.25 bits per heavy atom. The second-order valence-corrected chi connectivity index (χ2v) is 4.10. The maximum absolute atomic E-state index is 11.1. The van der Waals surface area contributed by atoms with Gasteiger partial charge in [-0.25, -0.2) is 14.6 Å². The number of carboxylic acids is 1. The number of aromatic carboxylic acids is 1. The lowest BCUT2D eigenvalue weighted by molar-refractivity contribution is 0.0691. The molecule has 0 unspecified atom stereocenters. The highest BCUT2D eigenvalue weighted by Crippen LogP contribution is 2.22. The minimum Gasteiger partial charge on any atom is -0.477 e. The molecular weight excluding hydrogens is 260 g/mol. The van der Waals surface area contributed by atoms with E-state index in [9.17, 15) is 9.59 Å². The van der Waals surface area contributed by atoms with Crippen LogP contribution in [0.5, 0.6) is 0 Å². The number of hydrogen-bond donors (Lipinski definition) is 4. The van der Waals surface area contributed by atoms with E-state index >= 15 is 0 Å². The molecule has 0 radical (unpaired) electrons. The number of primary amides is 1. The number of pyridine rings is 1. The number of anilines is 1. The molecule has 2 amide bonds. The van der Waals surface area contributed by atoms with Crippen molar-refractivity contribution in [3.63, 3.8) is 0 Å². The summed E-state index contributed by atoms with van der Waals surface area (Å²) < 4.78 is 0. The molecule has 1 aromatic carbocycles. The number of hydrogen-bond acceptors (Lipinski definition) is 4.